The highest BCUT2D eigenvalue weighted by molar-refractivity contribution is 6.31. The average molecular weight is 348 g/mol. The van der Waals surface area contributed by atoms with Crippen molar-refractivity contribution in [2.24, 2.45) is 0 Å². The number of anilines is 2. The average Bonchev–Trinajstić information content (AvgIpc) is 2.52. The van der Waals surface area contributed by atoms with Crippen LogP contribution in [0.5, 0.6) is 0 Å². The second-order valence-electron chi connectivity index (χ2n) is 5.52. The number of nitrogens with one attached hydrogen (secondary N) is 2. The zero-order valence-corrected chi connectivity index (χ0v) is 14.4. The third kappa shape index (κ3) is 4.02. The number of carbonyl (C=O) groups is 1. The Hall–Kier alpha value is -2.60. The largest absolute Gasteiger partial charge is 0.376 e. The Bertz CT molecular complexity index is 806. The van der Waals surface area contributed by atoms with Crippen molar-refractivity contribution in [2.75, 3.05) is 17.2 Å². The zero-order valence-electron chi connectivity index (χ0n) is 13.6. The van der Waals surface area contributed by atoms with Gasteiger partial charge in [0.2, 0.25) is 5.91 Å². The van der Waals surface area contributed by atoms with Gasteiger partial charge in [0, 0.05) is 16.8 Å². The van der Waals surface area contributed by atoms with Crippen LogP contribution >= 0.6 is 11.6 Å². The molecule has 0 unspecified atom stereocenters. The Morgan fingerprint density at radius 2 is 1.83 bits per heavy atom. The summed E-state index contributed by atoms with van der Waals surface area (Å²) in [5, 5.41) is 17.3. The number of amides is 1. The van der Waals surface area contributed by atoms with Crippen LogP contribution in [0.25, 0.3) is 0 Å². The summed E-state index contributed by atoms with van der Waals surface area (Å²) in [7, 11) is 0. The van der Waals surface area contributed by atoms with Gasteiger partial charge in [-0.3, -0.25) is 14.9 Å². The molecule has 0 atom stereocenters. The Kier molecular flexibility index (Phi) is 5.41. The molecule has 2 rings (SSSR count). The van der Waals surface area contributed by atoms with E-state index in [-0.39, 0.29) is 23.8 Å². The van der Waals surface area contributed by atoms with Crippen molar-refractivity contribution < 1.29 is 9.72 Å². The first-order chi connectivity index (χ1) is 11.3. The summed E-state index contributed by atoms with van der Waals surface area (Å²) in [6.07, 6.45) is 0. The molecule has 0 aromatic heterocycles. The molecule has 0 saturated heterocycles. The second kappa shape index (κ2) is 7.31. The summed E-state index contributed by atoms with van der Waals surface area (Å²) in [6.45, 7) is 5.45. The minimum Gasteiger partial charge on any atom is -0.376 e. The third-order valence-corrected chi connectivity index (χ3v) is 4.20. The van der Waals surface area contributed by atoms with Crippen LogP contribution in [0.3, 0.4) is 0 Å². The van der Waals surface area contributed by atoms with Gasteiger partial charge >= 0.3 is 0 Å². The van der Waals surface area contributed by atoms with E-state index in [0.29, 0.717) is 5.02 Å². The van der Waals surface area contributed by atoms with Crippen molar-refractivity contribution in [1.82, 2.24) is 0 Å². The van der Waals surface area contributed by atoms with Gasteiger partial charge in [0.25, 0.3) is 5.69 Å². The van der Waals surface area contributed by atoms with Gasteiger partial charge in [0.1, 0.15) is 5.69 Å². The van der Waals surface area contributed by atoms with Gasteiger partial charge in [-0.15, -0.1) is 0 Å². The van der Waals surface area contributed by atoms with Crippen LogP contribution in [0.1, 0.15) is 16.7 Å². The number of benzene rings is 2. The number of nitro groups is 1. The molecule has 0 fully saturated rings. The quantitative estimate of drug-likeness (QED) is 0.626. The standard InChI is InChI=1S/C17H18ClN3O3/c1-10-7-15(16(21(23)24)8-11(10)2)20-17(22)9-19-14-6-4-5-13(18)12(14)3/h4-8,19H,9H2,1-3H3,(H,20,22). The Balaban J connectivity index is 2.11. The molecule has 0 heterocycles. The molecular weight excluding hydrogens is 330 g/mol. The van der Waals surface area contributed by atoms with Crippen LogP contribution in [-0.4, -0.2) is 17.4 Å². The third-order valence-electron chi connectivity index (χ3n) is 3.79. The summed E-state index contributed by atoms with van der Waals surface area (Å²) >= 11 is 6.03. The molecule has 0 aliphatic carbocycles. The molecule has 0 aliphatic heterocycles. The van der Waals surface area contributed by atoms with Crippen LogP contribution in [0.2, 0.25) is 5.02 Å². The monoisotopic (exact) mass is 347 g/mol. The van der Waals surface area contributed by atoms with Crippen LogP contribution in [-0.2, 0) is 4.79 Å². The summed E-state index contributed by atoms with van der Waals surface area (Å²) in [4.78, 5) is 22.8. The van der Waals surface area contributed by atoms with Gasteiger partial charge < -0.3 is 10.6 Å². The van der Waals surface area contributed by atoms with E-state index < -0.39 is 4.92 Å². The second-order valence-corrected chi connectivity index (χ2v) is 5.93. The first-order valence-electron chi connectivity index (χ1n) is 7.34. The lowest BCUT2D eigenvalue weighted by molar-refractivity contribution is -0.384. The summed E-state index contributed by atoms with van der Waals surface area (Å²) < 4.78 is 0. The molecule has 126 valence electrons. The van der Waals surface area contributed by atoms with Gasteiger partial charge in [-0.25, -0.2) is 0 Å². The number of nitrogens with zero attached hydrogens (tertiary/aromatic N) is 1. The van der Waals surface area contributed by atoms with E-state index in [4.69, 9.17) is 11.6 Å². The molecule has 24 heavy (non-hydrogen) atoms. The Labute approximate surface area is 145 Å². The van der Waals surface area contributed by atoms with Crippen LogP contribution in [0, 0.1) is 30.9 Å². The highest BCUT2D eigenvalue weighted by Crippen LogP contribution is 2.28. The number of rotatable bonds is 5. The van der Waals surface area contributed by atoms with E-state index in [2.05, 4.69) is 10.6 Å². The van der Waals surface area contributed by atoms with E-state index >= 15 is 0 Å². The molecule has 0 aliphatic rings. The lowest BCUT2D eigenvalue weighted by Crippen LogP contribution is -2.22. The zero-order chi connectivity index (χ0) is 17.9. The maximum absolute atomic E-state index is 12.1. The van der Waals surface area contributed by atoms with Crippen molar-refractivity contribution in [3.8, 4) is 0 Å². The fourth-order valence-corrected chi connectivity index (χ4v) is 2.40. The molecule has 0 bridgehead atoms. The summed E-state index contributed by atoms with van der Waals surface area (Å²) in [5.41, 5.74) is 3.32. The molecule has 6 nitrogen and oxygen atoms in total. The predicted octanol–water partition coefficient (Wildman–Crippen LogP) is 4.22. The number of hydrogen-bond acceptors (Lipinski definition) is 4. The minimum absolute atomic E-state index is 0.0226. The molecule has 2 N–H and O–H groups in total. The molecular formula is C17H18ClN3O3. The van der Waals surface area contributed by atoms with E-state index in [9.17, 15) is 14.9 Å². The minimum atomic E-state index is -0.503. The molecule has 2 aromatic rings. The van der Waals surface area contributed by atoms with Crippen molar-refractivity contribution in [3.05, 3.63) is 62.2 Å². The highest BCUT2D eigenvalue weighted by Gasteiger charge is 2.17. The van der Waals surface area contributed by atoms with E-state index in [1.54, 1.807) is 25.1 Å². The molecule has 0 radical (unpaired) electrons. The normalized spacial score (nSPS) is 10.3. The molecule has 7 heteroatoms. The van der Waals surface area contributed by atoms with E-state index in [1.165, 1.54) is 6.07 Å². The number of hydrogen-bond donors (Lipinski definition) is 2. The van der Waals surface area contributed by atoms with Gasteiger partial charge in [-0.2, -0.15) is 0 Å². The number of carbonyl (C=O) groups excluding carboxylic acids is 1. The van der Waals surface area contributed by atoms with Crippen molar-refractivity contribution in [1.29, 1.82) is 0 Å². The van der Waals surface area contributed by atoms with Crippen molar-refractivity contribution >= 4 is 34.6 Å². The van der Waals surface area contributed by atoms with Crippen LogP contribution < -0.4 is 10.6 Å². The van der Waals surface area contributed by atoms with Gasteiger partial charge in [-0.05, 0) is 55.7 Å². The van der Waals surface area contributed by atoms with Crippen molar-refractivity contribution in [3.63, 3.8) is 0 Å². The SMILES string of the molecule is Cc1cc(NC(=O)CNc2cccc(Cl)c2C)c([N+](=O)[O-])cc1C. The van der Waals surface area contributed by atoms with Crippen molar-refractivity contribution in [2.45, 2.75) is 20.8 Å². The molecule has 0 saturated carbocycles. The number of aryl methyl sites for hydroxylation is 2. The van der Waals surface area contributed by atoms with E-state index in [1.807, 2.05) is 19.9 Å². The fraction of sp³-hybridized carbons (Fsp3) is 0.235. The number of nitro benzene ring substituents is 1. The highest BCUT2D eigenvalue weighted by atomic mass is 35.5. The summed E-state index contributed by atoms with van der Waals surface area (Å²) in [6, 6.07) is 8.42. The molecule has 1 amide bonds. The van der Waals surface area contributed by atoms with Gasteiger partial charge in [-0.1, -0.05) is 17.7 Å². The summed E-state index contributed by atoms with van der Waals surface area (Å²) in [5.74, 6) is -0.374. The molecule has 0 spiro atoms. The van der Waals surface area contributed by atoms with Crippen LogP contribution in [0.15, 0.2) is 30.3 Å². The number of halogens is 1. The Morgan fingerprint density at radius 3 is 2.50 bits per heavy atom. The predicted molar refractivity (Wildman–Crippen MR) is 95.9 cm³/mol. The maximum atomic E-state index is 12.1. The van der Waals surface area contributed by atoms with Crippen LogP contribution in [0.4, 0.5) is 17.1 Å². The first-order valence-corrected chi connectivity index (χ1v) is 7.72. The fourth-order valence-electron chi connectivity index (χ4n) is 2.22. The van der Waals surface area contributed by atoms with Gasteiger partial charge in [0.15, 0.2) is 0 Å². The topological polar surface area (TPSA) is 84.3 Å². The lowest BCUT2D eigenvalue weighted by atomic mass is 10.1. The first kappa shape index (κ1) is 17.7. The molecule has 2 aromatic carbocycles. The maximum Gasteiger partial charge on any atom is 0.293 e. The lowest BCUT2D eigenvalue weighted by Gasteiger charge is -2.12. The van der Waals surface area contributed by atoms with Gasteiger partial charge in [0.05, 0.1) is 11.5 Å². The van der Waals surface area contributed by atoms with E-state index in [0.717, 1.165) is 22.4 Å². The Morgan fingerprint density at radius 1 is 1.17 bits per heavy atom. The smallest absolute Gasteiger partial charge is 0.293 e.